The molecule has 0 aromatic rings. The molecule has 1 unspecified atom stereocenters. The summed E-state index contributed by atoms with van der Waals surface area (Å²) in [6.45, 7) is 5.14. The largest absolute Gasteiger partial charge is 0.502 e. The minimum atomic E-state index is 0.652. The summed E-state index contributed by atoms with van der Waals surface area (Å²) in [4.78, 5) is 0. The zero-order chi connectivity index (χ0) is 8.86. The molecule has 1 atom stereocenters. The van der Waals surface area contributed by atoms with Crippen LogP contribution in [0, 0.1) is 0 Å². The van der Waals surface area contributed by atoms with Crippen molar-refractivity contribution in [2.45, 2.75) is 37.9 Å². The number of thioether (sulfide) groups is 1. The Kier molecular flexibility index (Phi) is 3.99. The molecule has 12 heavy (non-hydrogen) atoms. The van der Waals surface area contributed by atoms with E-state index in [4.69, 9.17) is 4.74 Å². The molecule has 1 aliphatic heterocycles. The molecule has 0 amide bonds. The molecule has 1 fully saturated rings. The van der Waals surface area contributed by atoms with Crippen molar-refractivity contribution in [1.82, 2.24) is 0 Å². The molecule has 0 aromatic heterocycles. The van der Waals surface area contributed by atoms with Crippen molar-refractivity contribution in [1.29, 1.82) is 0 Å². The van der Waals surface area contributed by atoms with Crippen LogP contribution >= 0.6 is 11.8 Å². The summed E-state index contributed by atoms with van der Waals surface area (Å²) in [6, 6.07) is 0. The predicted octanol–water partition coefficient (Wildman–Crippen LogP) is 3.21. The van der Waals surface area contributed by atoms with Crippen LogP contribution in [-0.2, 0) is 4.74 Å². The average molecular weight is 186 g/mol. The first-order valence-corrected chi connectivity index (χ1v) is 5.68. The van der Waals surface area contributed by atoms with Crippen LogP contribution in [0.15, 0.2) is 12.3 Å². The third kappa shape index (κ3) is 3.10. The molecule has 1 heterocycles. The lowest BCUT2D eigenvalue weighted by atomic mass is 10.0. The number of hydrogen-bond donors (Lipinski definition) is 0. The predicted molar refractivity (Wildman–Crippen MR) is 55.5 cm³/mol. The summed E-state index contributed by atoms with van der Waals surface area (Å²) in [5.41, 5.74) is 0. The van der Waals surface area contributed by atoms with Gasteiger partial charge in [-0.1, -0.05) is 13.0 Å². The lowest BCUT2D eigenvalue weighted by Gasteiger charge is -2.08. The maximum atomic E-state index is 5.26. The molecule has 1 saturated heterocycles. The zero-order valence-corrected chi connectivity index (χ0v) is 8.82. The molecule has 0 bridgehead atoms. The van der Waals surface area contributed by atoms with E-state index in [9.17, 15) is 0 Å². The Morgan fingerprint density at radius 1 is 1.58 bits per heavy atom. The van der Waals surface area contributed by atoms with Crippen molar-refractivity contribution in [2.24, 2.45) is 0 Å². The molecule has 0 aliphatic carbocycles. The van der Waals surface area contributed by atoms with Gasteiger partial charge in [0.25, 0.3) is 0 Å². The average Bonchev–Trinajstić information content (AvgIpc) is 2.85. The molecule has 2 heteroatoms. The normalized spacial score (nSPS) is 27.8. The SMILES string of the molecule is C/C=C/OCCCC1(CC)CS1. The highest BCUT2D eigenvalue weighted by molar-refractivity contribution is 8.07. The lowest BCUT2D eigenvalue weighted by Crippen LogP contribution is -2.07. The second-order valence-electron chi connectivity index (χ2n) is 3.27. The van der Waals surface area contributed by atoms with E-state index in [1.807, 2.05) is 13.0 Å². The Bertz CT molecular complexity index is 150. The van der Waals surface area contributed by atoms with Gasteiger partial charge in [-0.15, -0.1) is 0 Å². The summed E-state index contributed by atoms with van der Waals surface area (Å²) in [5, 5.41) is 0. The van der Waals surface area contributed by atoms with E-state index in [0.29, 0.717) is 4.75 Å². The van der Waals surface area contributed by atoms with Gasteiger partial charge in [0, 0.05) is 10.5 Å². The van der Waals surface area contributed by atoms with Gasteiger partial charge in [-0.3, -0.25) is 0 Å². The third-order valence-corrected chi connectivity index (χ3v) is 3.92. The summed E-state index contributed by atoms with van der Waals surface area (Å²) in [6.07, 6.45) is 7.55. The first-order valence-electron chi connectivity index (χ1n) is 4.70. The summed E-state index contributed by atoms with van der Waals surface area (Å²) in [7, 11) is 0. The molecule has 1 aliphatic rings. The van der Waals surface area contributed by atoms with Crippen LogP contribution in [0.4, 0.5) is 0 Å². The third-order valence-electron chi connectivity index (χ3n) is 2.32. The van der Waals surface area contributed by atoms with E-state index in [1.54, 1.807) is 6.26 Å². The van der Waals surface area contributed by atoms with Gasteiger partial charge in [0.1, 0.15) is 0 Å². The van der Waals surface area contributed by atoms with Crippen molar-refractivity contribution >= 4 is 11.8 Å². The molecule has 1 rings (SSSR count). The minimum Gasteiger partial charge on any atom is -0.502 e. The van der Waals surface area contributed by atoms with Gasteiger partial charge in [0.2, 0.25) is 0 Å². The highest BCUT2D eigenvalue weighted by Crippen LogP contribution is 2.50. The van der Waals surface area contributed by atoms with Gasteiger partial charge in [0.05, 0.1) is 12.9 Å². The zero-order valence-electron chi connectivity index (χ0n) is 8.01. The van der Waals surface area contributed by atoms with E-state index < -0.39 is 0 Å². The van der Waals surface area contributed by atoms with Gasteiger partial charge >= 0.3 is 0 Å². The summed E-state index contributed by atoms with van der Waals surface area (Å²) >= 11 is 2.11. The molecule has 0 aromatic carbocycles. The fraction of sp³-hybridized carbons (Fsp3) is 0.800. The molecule has 0 saturated carbocycles. The number of hydrogen-bond acceptors (Lipinski definition) is 2. The van der Waals surface area contributed by atoms with E-state index in [-0.39, 0.29) is 0 Å². The standard InChI is InChI=1S/C10H18OS/c1-3-7-11-8-5-6-10(4-2)9-12-10/h3,7H,4-6,8-9H2,1-2H3/b7-3+. The van der Waals surface area contributed by atoms with Crippen molar-refractivity contribution in [3.8, 4) is 0 Å². The van der Waals surface area contributed by atoms with E-state index in [1.165, 1.54) is 25.0 Å². The Balaban J connectivity index is 1.95. The smallest absolute Gasteiger partial charge is 0.0873 e. The van der Waals surface area contributed by atoms with Crippen LogP contribution in [0.3, 0.4) is 0 Å². The Hall–Kier alpha value is -0.110. The Morgan fingerprint density at radius 2 is 2.33 bits per heavy atom. The topological polar surface area (TPSA) is 9.23 Å². The van der Waals surface area contributed by atoms with Gasteiger partial charge in [-0.05, 0) is 26.2 Å². The number of rotatable bonds is 6. The molecule has 0 radical (unpaired) electrons. The highest BCUT2D eigenvalue weighted by atomic mass is 32.2. The van der Waals surface area contributed by atoms with Gasteiger partial charge in [-0.2, -0.15) is 11.8 Å². The Labute approximate surface area is 79.6 Å². The Morgan fingerprint density at radius 3 is 2.83 bits per heavy atom. The number of allylic oxidation sites excluding steroid dienone is 1. The second kappa shape index (κ2) is 4.80. The van der Waals surface area contributed by atoms with E-state index >= 15 is 0 Å². The maximum absolute atomic E-state index is 5.26. The first kappa shape index (κ1) is 9.97. The molecular formula is C10H18OS. The lowest BCUT2D eigenvalue weighted by molar-refractivity contribution is 0.238. The van der Waals surface area contributed by atoms with Crippen LogP contribution in [0.25, 0.3) is 0 Å². The highest BCUT2D eigenvalue weighted by Gasteiger charge is 2.40. The molecule has 0 spiro atoms. The van der Waals surface area contributed by atoms with Crippen LogP contribution in [0.2, 0.25) is 0 Å². The van der Waals surface area contributed by atoms with Crippen molar-refractivity contribution in [2.75, 3.05) is 12.4 Å². The van der Waals surface area contributed by atoms with Crippen LogP contribution < -0.4 is 0 Å². The fourth-order valence-corrected chi connectivity index (χ4v) is 2.31. The second-order valence-corrected chi connectivity index (χ2v) is 4.71. The van der Waals surface area contributed by atoms with Crippen LogP contribution in [-0.4, -0.2) is 17.1 Å². The molecular weight excluding hydrogens is 168 g/mol. The summed E-state index contributed by atoms with van der Waals surface area (Å²) < 4.78 is 5.91. The molecule has 1 nitrogen and oxygen atoms in total. The van der Waals surface area contributed by atoms with E-state index in [0.717, 1.165) is 6.61 Å². The molecule has 70 valence electrons. The van der Waals surface area contributed by atoms with Crippen LogP contribution in [0.1, 0.15) is 33.1 Å². The van der Waals surface area contributed by atoms with E-state index in [2.05, 4.69) is 18.7 Å². The van der Waals surface area contributed by atoms with Gasteiger partial charge < -0.3 is 4.74 Å². The van der Waals surface area contributed by atoms with Crippen molar-refractivity contribution < 1.29 is 4.74 Å². The van der Waals surface area contributed by atoms with Crippen molar-refractivity contribution in [3.63, 3.8) is 0 Å². The first-order chi connectivity index (χ1) is 5.83. The summed E-state index contributed by atoms with van der Waals surface area (Å²) in [5.74, 6) is 1.37. The van der Waals surface area contributed by atoms with Crippen LogP contribution in [0.5, 0.6) is 0 Å². The minimum absolute atomic E-state index is 0.652. The van der Waals surface area contributed by atoms with Crippen molar-refractivity contribution in [3.05, 3.63) is 12.3 Å². The van der Waals surface area contributed by atoms with Gasteiger partial charge in [0.15, 0.2) is 0 Å². The molecule has 0 N–H and O–H groups in total. The fourth-order valence-electron chi connectivity index (χ4n) is 1.27. The van der Waals surface area contributed by atoms with Gasteiger partial charge in [-0.25, -0.2) is 0 Å². The maximum Gasteiger partial charge on any atom is 0.0873 e. The number of ether oxygens (including phenoxy) is 1. The quantitative estimate of drug-likeness (QED) is 0.358. The monoisotopic (exact) mass is 186 g/mol.